The van der Waals surface area contributed by atoms with E-state index in [-0.39, 0.29) is 27.3 Å². The second-order valence-electron chi connectivity index (χ2n) is 10.2. The van der Waals surface area contributed by atoms with Crippen molar-refractivity contribution in [3.05, 3.63) is 0 Å². The van der Waals surface area contributed by atoms with Crippen molar-refractivity contribution < 1.29 is 0 Å². The van der Waals surface area contributed by atoms with Crippen LogP contribution in [-0.2, 0) is 25.3 Å². The first-order valence-electron chi connectivity index (χ1n) is 15.4. The molecule has 0 amide bonds. The van der Waals surface area contributed by atoms with Crippen LogP contribution < -0.4 is 0 Å². The normalized spacial score (nSPS) is 10.3. The van der Waals surface area contributed by atoms with Gasteiger partial charge in [-0.2, -0.15) is 0 Å². The fourth-order valence-electron chi connectivity index (χ4n) is 4.21. The molecule has 2 nitrogen and oxygen atoms in total. The van der Waals surface area contributed by atoms with Crippen molar-refractivity contribution in [3.8, 4) is 0 Å². The maximum Gasteiger partial charge on any atom is 2.00 e. The van der Waals surface area contributed by atoms with Gasteiger partial charge in [-0.3, -0.25) is 0 Å². The van der Waals surface area contributed by atoms with Gasteiger partial charge in [0.2, 0.25) is 0 Å². The van der Waals surface area contributed by atoms with Crippen LogP contribution >= 0.6 is 24.4 Å². The minimum absolute atomic E-state index is 0. The van der Waals surface area contributed by atoms with Gasteiger partial charge in [0.25, 0.3) is 0 Å². The Kier molecular flexibility index (Phi) is 40.5. The summed E-state index contributed by atoms with van der Waals surface area (Å²) in [5, 5.41) is 0. The van der Waals surface area contributed by atoms with Crippen LogP contribution in [0.3, 0.4) is 0 Å². The molecule has 0 aromatic heterocycles. The molecule has 2 radical (unpaired) electrons. The SMILES string of the molecule is CCCCCCCN(CCCCCCC)C(=S)[S-].CCCCCCCN(CCCCCCC)C(=S)[S-].[Pb+2]. The van der Waals surface area contributed by atoms with Gasteiger partial charge < -0.3 is 59.5 Å². The van der Waals surface area contributed by atoms with Gasteiger partial charge in [-0.15, -0.1) is 0 Å². The molecule has 0 spiro atoms. The molecule has 7 heteroatoms. The van der Waals surface area contributed by atoms with Crippen molar-refractivity contribution in [3.63, 3.8) is 0 Å². The van der Waals surface area contributed by atoms with Crippen LogP contribution in [-0.4, -0.2) is 71.9 Å². The van der Waals surface area contributed by atoms with Crippen molar-refractivity contribution in [1.29, 1.82) is 0 Å². The molecule has 0 atom stereocenters. The van der Waals surface area contributed by atoms with Gasteiger partial charge in [-0.05, 0) is 25.7 Å². The topological polar surface area (TPSA) is 6.48 Å². The van der Waals surface area contributed by atoms with E-state index in [0.717, 1.165) is 26.2 Å². The summed E-state index contributed by atoms with van der Waals surface area (Å²) in [7, 11) is 0. The average Bonchev–Trinajstić information content (AvgIpc) is 2.85. The van der Waals surface area contributed by atoms with Crippen LogP contribution in [0.4, 0.5) is 0 Å². The van der Waals surface area contributed by atoms with Crippen LogP contribution in [0.15, 0.2) is 0 Å². The molecule has 0 fully saturated rings. The van der Waals surface area contributed by atoms with Crippen LogP contribution in [0.1, 0.15) is 156 Å². The first-order valence-corrected chi connectivity index (χ1v) is 17.0. The zero-order valence-corrected chi connectivity index (χ0v) is 32.2. The Morgan fingerprint density at radius 2 is 0.595 bits per heavy atom. The fourth-order valence-corrected chi connectivity index (χ4v) is 4.94. The van der Waals surface area contributed by atoms with Crippen molar-refractivity contribution in [2.24, 2.45) is 0 Å². The number of hydrogen-bond acceptors (Lipinski definition) is 4. The summed E-state index contributed by atoms with van der Waals surface area (Å²) < 4.78 is 1.34. The van der Waals surface area contributed by atoms with E-state index in [1.807, 2.05) is 0 Å². The van der Waals surface area contributed by atoms with Crippen LogP contribution in [0.2, 0.25) is 0 Å². The van der Waals surface area contributed by atoms with E-state index < -0.39 is 0 Å². The summed E-state index contributed by atoms with van der Waals surface area (Å²) in [6.45, 7) is 13.3. The molecule has 0 saturated heterocycles. The molecule has 0 bridgehead atoms. The number of hydrogen-bond donors (Lipinski definition) is 0. The minimum atomic E-state index is 0. The van der Waals surface area contributed by atoms with Gasteiger partial charge in [0.05, 0.1) is 0 Å². The molecule has 0 unspecified atom stereocenters. The third-order valence-electron chi connectivity index (χ3n) is 6.64. The van der Waals surface area contributed by atoms with E-state index in [1.54, 1.807) is 0 Å². The molecule has 0 aromatic carbocycles. The summed E-state index contributed by atoms with van der Waals surface area (Å²) in [6, 6.07) is 0. The molecule has 0 aromatic rings. The zero-order chi connectivity index (χ0) is 27.3. The molecule has 37 heavy (non-hydrogen) atoms. The van der Waals surface area contributed by atoms with E-state index in [0.29, 0.717) is 8.64 Å². The molecule has 0 aliphatic heterocycles. The van der Waals surface area contributed by atoms with E-state index in [1.165, 1.54) is 128 Å². The van der Waals surface area contributed by atoms with E-state index >= 15 is 0 Å². The molecular weight excluding hydrogens is 724 g/mol. The van der Waals surface area contributed by atoms with E-state index in [4.69, 9.17) is 49.7 Å². The molecule has 218 valence electrons. The Labute approximate surface area is 275 Å². The summed E-state index contributed by atoms with van der Waals surface area (Å²) >= 11 is 20.6. The Morgan fingerprint density at radius 1 is 0.405 bits per heavy atom. The molecule has 0 saturated carbocycles. The van der Waals surface area contributed by atoms with Crippen molar-refractivity contribution in [2.45, 2.75) is 156 Å². The molecule has 0 heterocycles. The maximum atomic E-state index is 5.16. The Bertz CT molecular complexity index is 410. The van der Waals surface area contributed by atoms with Crippen LogP contribution in [0, 0.1) is 0 Å². The number of thiocarbonyl (C=S) groups is 2. The third kappa shape index (κ3) is 33.2. The summed E-state index contributed by atoms with van der Waals surface area (Å²) in [4.78, 5) is 4.45. The molecule has 0 N–H and O–H groups in total. The van der Waals surface area contributed by atoms with Crippen LogP contribution in [0.5, 0.6) is 0 Å². The van der Waals surface area contributed by atoms with Crippen molar-refractivity contribution >= 4 is 85.6 Å². The predicted octanol–water partition coefficient (Wildman–Crippen LogP) is 9.74. The summed E-state index contributed by atoms with van der Waals surface area (Å²) in [5.74, 6) is 0. The first-order chi connectivity index (χ1) is 17.4. The van der Waals surface area contributed by atoms with E-state index in [9.17, 15) is 0 Å². The van der Waals surface area contributed by atoms with E-state index in [2.05, 4.69) is 37.5 Å². The number of unbranched alkanes of at least 4 members (excludes halogenated alkanes) is 16. The third-order valence-corrected chi connectivity index (χ3v) is 7.68. The van der Waals surface area contributed by atoms with Gasteiger partial charge >= 0.3 is 27.3 Å². The second kappa shape index (κ2) is 35.2. The zero-order valence-electron chi connectivity index (χ0n) is 25.0. The molecular formula is C30H60N2PbS4. The van der Waals surface area contributed by atoms with Crippen LogP contribution in [0.25, 0.3) is 0 Å². The molecule has 0 aliphatic carbocycles. The van der Waals surface area contributed by atoms with Crippen molar-refractivity contribution in [1.82, 2.24) is 9.80 Å². The standard InChI is InChI=1S/2C15H31NS2.Pb/c2*1-3-5-7-9-11-13-16(15(17)18)14-12-10-8-6-4-2;/h2*3-14H2,1-2H3,(H,17,18);/q;;+2/p-2. The quantitative estimate of drug-likeness (QED) is 0.0414. The number of rotatable bonds is 24. The Balaban J connectivity index is -0.000000608. The fraction of sp³-hybridized carbons (Fsp3) is 0.933. The van der Waals surface area contributed by atoms with Gasteiger partial charge in [-0.1, -0.05) is 139 Å². The molecule has 0 aliphatic rings. The Morgan fingerprint density at radius 3 is 0.757 bits per heavy atom. The summed E-state index contributed by atoms with van der Waals surface area (Å²) in [6.07, 6.45) is 26.3. The van der Waals surface area contributed by atoms with Gasteiger partial charge in [0.15, 0.2) is 0 Å². The Hall–Kier alpha value is 1.14. The smallest absolute Gasteiger partial charge is 0.411 e. The monoisotopic (exact) mass is 784 g/mol. The second-order valence-corrected chi connectivity index (χ2v) is 12.2. The van der Waals surface area contributed by atoms with Gasteiger partial charge in [0, 0.05) is 26.2 Å². The van der Waals surface area contributed by atoms with Gasteiger partial charge in [0.1, 0.15) is 0 Å². The molecule has 0 rings (SSSR count). The first kappa shape index (κ1) is 42.6. The van der Waals surface area contributed by atoms with Gasteiger partial charge in [-0.25, -0.2) is 0 Å². The van der Waals surface area contributed by atoms with Crippen molar-refractivity contribution in [2.75, 3.05) is 26.2 Å². The minimum Gasteiger partial charge on any atom is -0.411 e. The number of nitrogens with zero attached hydrogens (tertiary/aromatic N) is 2. The average molecular weight is 784 g/mol. The summed E-state index contributed by atoms with van der Waals surface area (Å²) in [5.41, 5.74) is 0. The predicted molar refractivity (Wildman–Crippen MR) is 184 cm³/mol. The largest absolute Gasteiger partial charge is 2.00 e. The maximum absolute atomic E-state index is 5.16.